The molecule has 0 aliphatic carbocycles. The van der Waals surface area contributed by atoms with Crippen LogP contribution in [0, 0.1) is 0 Å². The van der Waals surface area contributed by atoms with Crippen LogP contribution in [0.3, 0.4) is 0 Å². The summed E-state index contributed by atoms with van der Waals surface area (Å²) >= 11 is 5.83. The molecule has 112 valence electrons. The molecule has 0 aliphatic rings. The van der Waals surface area contributed by atoms with Crippen LogP contribution in [-0.4, -0.2) is 42.1 Å². The summed E-state index contributed by atoms with van der Waals surface area (Å²) in [5.74, 6) is 0. The lowest BCUT2D eigenvalue weighted by molar-refractivity contribution is 0.206. The van der Waals surface area contributed by atoms with Gasteiger partial charge in [-0.05, 0) is 12.1 Å². The van der Waals surface area contributed by atoms with Crippen molar-refractivity contribution in [1.29, 1.82) is 0 Å². The number of rotatable bonds is 6. The lowest BCUT2D eigenvalue weighted by atomic mass is 10.3. The van der Waals surface area contributed by atoms with Crippen LogP contribution < -0.4 is 10.5 Å². The number of pyridine rings is 1. The molecule has 0 saturated heterocycles. The Balaban J connectivity index is 2.14. The molecule has 0 atom stereocenters. The highest BCUT2D eigenvalue weighted by Crippen LogP contribution is 2.08. The van der Waals surface area contributed by atoms with Crippen molar-refractivity contribution in [2.24, 2.45) is 0 Å². The van der Waals surface area contributed by atoms with Gasteiger partial charge in [-0.25, -0.2) is 9.67 Å². The van der Waals surface area contributed by atoms with Crippen molar-refractivity contribution in [3.63, 3.8) is 0 Å². The highest BCUT2D eigenvalue weighted by molar-refractivity contribution is 6.29. The van der Waals surface area contributed by atoms with E-state index in [4.69, 9.17) is 16.3 Å². The van der Waals surface area contributed by atoms with Gasteiger partial charge < -0.3 is 9.64 Å². The van der Waals surface area contributed by atoms with Gasteiger partial charge in [0.25, 0.3) is 5.56 Å². The van der Waals surface area contributed by atoms with Crippen LogP contribution in [-0.2, 0) is 11.3 Å². The van der Waals surface area contributed by atoms with Crippen molar-refractivity contribution in [2.45, 2.75) is 6.54 Å². The predicted octanol–water partition coefficient (Wildman–Crippen LogP) is 1.42. The fraction of sp³-hybridized carbons (Fsp3) is 0.357. The number of methoxy groups -OCH3 is 1. The average Bonchev–Trinajstić information content (AvgIpc) is 2.47. The van der Waals surface area contributed by atoms with Gasteiger partial charge in [0.05, 0.1) is 30.7 Å². The standard InChI is InChI=1S/C14H17ClN4O2/c1-18(6-7-21-2)12-8-14(20)19(16-9-12)10-11-4-3-5-13(15)17-11/h3-5,8-9H,6-7,10H2,1-2H3. The quantitative estimate of drug-likeness (QED) is 0.755. The third-order valence-electron chi connectivity index (χ3n) is 3.01. The van der Waals surface area contributed by atoms with Crippen molar-refractivity contribution in [3.8, 4) is 0 Å². The molecule has 0 aromatic carbocycles. The number of anilines is 1. The molecule has 21 heavy (non-hydrogen) atoms. The monoisotopic (exact) mass is 308 g/mol. The SMILES string of the molecule is COCCN(C)c1cnn(Cc2cccc(Cl)n2)c(=O)c1. The summed E-state index contributed by atoms with van der Waals surface area (Å²) < 4.78 is 6.37. The van der Waals surface area contributed by atoms with Gasteiger partial charge in [-0.15, -0.1) is 0 Å². The summed E-state index contributed by atoms with van der Waals surface area (Å²) in [6.45, 7) is 1.57. The summed E-state index contributed by atoms with van der Waals surface area (Å²) in [4.78, 5) is 18.2. The predicted molar refractivity (Wildman–Crippen MR) is 82.0 cm³/mol. The maximum Gasteiger partial charge on any atom is 0.269 e. The number of aromatic nitrogens is 3. The molecule has 0 amide bonds. The second kappa shape index (κ2) is 7.19. The van der Waals surface area contributed by atoms with E-state index in [2.05, 4.69) is 10.1 Å². The van der Waals surface area contributed by atoms with E-state index < -0.39 is 0 Å². The maximum atomic E-state index is 12.1. The van der Waals surface area contributed by atoms with Crippen LogP contribution in [0.1, 0.15) is 5.69 Å². The van der Waals surface area contributed by atoms with Crippen molar-refractivity contribution in [1.82, 2.24) is 14.8 Å². The lowest BCUT2D eigenvalue weighted by Crippen LogP contribution is -2.28. The van der Waals surface area contributed by atoms with Gasteiger partial charge in [-0.2, -0.15) is 5.10 Å². The summed E-state index contributed by atoms with van der Waals surface area (Å²) in [5.41, 5.74) is 1.27. The molecule has 6 nitrogen and oxygen atoms in total. The van der Waals surface area contributed by atoms with Gasteiger partial charge in [-0.1, -0.05) is 17.7 Å². The fourth-order valence-corrected chi connectivity index (χ4v) is 1.98. The fourth-order valence-electron chi connectivity index (χ4n) is 1.80. The number of hydrogen-bond donors (Lipinski definition) is 0. The zero-order chi connectivity index (χ0) is 15.2. The summed E-state index contributed by atoms with van der Waals surface area (Å²) in [5, 5.41) is 4.57. The minimum absolute atomic E-state index is 0.182. The first-order valence-corrected chi connectivity index (χ1v) is 6.86. The summed E-state index contributed by atoms with van der Waals surface area (Å²) in [6.07, 6.45) is 1.65. The molecule has 0 spiro atoms. The van der Waals surface area contributed by atoms with Crippen molar-refractivity contribution < 1.29 is 4.74 Å². The molecule has 2 aromatic heterocycles. The molecule has 7 heteroatoms. The second-order valence-electron chi connectivity index (χ2n) is 4.58. The van der Waals surface area contributed by atoms with Crippen molar-refractivity contribution >= 4 is 17.3 Å². The maximum absolute atomic E-state index is 12.1. The van der Waals surface area contributed by atoms with E-state index in [0.717, 1.165) is 5.69 Å². The largest absolute Gasteiger partial charge is 0.383 e. The summed E-state index contributed by atoms with van der Waals surface area (Å²) in [6, 6.07) is 6.84. The Labute approximate surface area is 127 Å². The van der Waals surface area contributed by atoms with E-state index in [1.165, 1.54) is 4.68 Å². The molecule has 2 aromatic rings. The first kappa shape index (κ1) is 15.5. The lowest BCUT2D eigenvalue weighted by Gasteiger charge is -2.18. The number of nitrogens with zero attached hydrogens (tertiary/aromatic N) is 4. The molecule has 0 saturated carbocycles. The van der Waals surface area contributed by atoms with E-state index >= 15 is 0 Å². The minimum atomic E-state index is -0.182. The number of halogens is 1. The van der Waals surface area contributed by atoms with Gasteiger partial charge in [0.1, 0.15) is 5.15 Å². The zero-order valence-corrected chi connectivity index (χ0v) is 12.7. The number of hydrogen-bond acceptors (Lipinski definition) is 5. The van der Waals surface area contributed by atoms with Crippen molar-refractivity contribution in [3.05, 3.63) is 51.7 Å². The Hall–Kier alpha value is -1.92. The Morgan fingerprint density at radius 1 is 1.43 bits per heavy atom. The Morgan fingerprint density at radius 3 is 2.90 bits per heavy atom. The minimum Gasteiger partial charge on any atom is -0.383 e. The molecule has 0 N–H and O–H groups in total. The Morgan fingerprint density at radius 2 is 2.24 bits per heavy atom. The first-order valence-electron chi connectivity index (χ1n) is 6.49. The van der Waals surface area contributed by atoms with Gasteiger partial charge in [0.2, 0.25) is 0 Å². The Kier molecular flexibility index (Phi) is 5.30. The molecule has 0 fully saturated rings. The molecule has 2 rings (SSSR count). The van der Waals surface area contributed by atoms with Crippen LogP contribution in [0.2, 0.25) is 5.15 Å². The third kappa shape index (κ3) is 4.27. The van der Waals surface area contributed by atoms with Crippen LogP contribution in [0.25, 0.3) is 0 Å². The highest BCUT2D eigenvalue weighted by atomic mass is 35.5. The topological polar surface area (TPSA) is 60.2 Å². The summed E-state index contributed by atoms with van der Waals surface area (Å²) in [7, 11) is 3.53. The second-order valence-corrected chi connectivity index (χ2v) is 4.96. The van der Waals surface area contributed by atoms with E-state index in [9.17, 15) is 4.79 Å². The number of likely N-dealkylation sites (N-methyl/N-ethyl adjacent to an activating group) is 1. The van der Waals surface area contributed by atoms with Gasteiger partial charge >= 0.3 is 0 Å². The number of ether oxygens (including phenoxy) is 1. The van der Waals surface area contributed by atoms with Crippen LogP contribution >= 0.6 is 11.6 Å². The first-order chi connectivity index (χ1) is 10.1. The molecule has 2 heterocycles. The molecule has 0 bridgehead atoms. The van der Waals surface area contributed by atoms with Crippen LogP contribution in [0.15, 0.2) is 35.3 Å². The smallest absolute Gasteiger partial charge is 0.269 e. The van der Waals surface area contributed by atoms with E-state index in [1.54, 1.807) is 37.6 Å². The van der Waals surface area contributed by atoms with Crippen LogP contribution in [0.5, 0.6) is 0 Å². The molecule has 0 unspecified atom stereocenters. The molecule has 0 radical (unpaired) electrons. The van der Waals surface area contributed by atoms with E-state index in [-0.39, 0.29) is 5.56 Å². The van der Waals surface area contributed by atoms with Gasteiger partial charge in [-0.3, -0.25) is 4.79 Å². The zero-order valence-electron chi connectivity index (χ0n) is 12.0. The third-order valence-corrected chi connectivity index (χ3v) is 3.22. The molecular weight excluding hydrogens is 292 g/mol. The molecular formula is C14H17ClN4O2. The van der Waals surface area contributed by atoms with Crippen LogP contribution in [0.4, 0.5) is 5.69 Å². The molecule has 0 aliphatic heterocycles. The highest BCUT2D eigenvalue weighted by Gasteiger charge is 2.06. The van der Waals surface area contributed by atoms with Gasteiger partial charge in [0.15, 0.2) is 0 Å². The van der Waals surface area contributed by atoms with E-state index in [0.29, 0.717) is 30.5 Å². The van der Waals surface area contributed by atoms with Crippen molar-refractivity contribution in [2.75, 3.05) is 32.2 Å². The van der Waals surface area contributed by atoms with Gasteiger partial charge in [0, 0.05) is 26.8 Å². The normalized spacial score (nSPS) is 10.6. The van der Waals surface area contributed by atoms with E-state index in [1.807, 2.05) is 11.9 Å². The average molecular weight is 309 g/mol. The Bertz CT molecular complexity index is 659.